The number of rotatable bonds is 5. The molecule has 110 valence electrons. The third kappa shape index (κ3) is 3.78. The van der Waals surface area contributed by atoms with Crippen LogP contribution < -0.4 is 10.6 Å². The highest BCUT2D eigenvalue weighted by atomic mass is 16.4. The van der Waals surface area contributed by atoms with Gasteiger partial charge in [-0.15, -0.1) is 0 Å². The number of aliphatic carboxylic acids is 1. The van der Waals surface area contributed by atoms with E-state index in [9.17, 15) is 19.2 Å². The van der Waals surface area contributed by atoms with E-state index in [0.29, 0.717) is 11.3 Å². The Morgan fingerprint density at radius 3 is 2.43 bits per heavy atom. The maximum atomic E-state index is 11.7. The number of imide groups is 1. The average Bonchev–Trinajstić information content (AvgIpc) is 2.72. The van der Waals surface area contributed by atoms with Gasteiger partial charge >= 0.3 is 12.0 Å². The summed E-state index contributed by atoms with van der Waals surface area (Å²) in [5, 5.41) is 13.5. The number of carboxylic acid groups (broad SMARTS) is 1. The van der Waals surface area contributed by atoms with Gasteiger partial charge in [-0.2, -0.15) is 0 Å². The minimum atomic E-state index is -0.939. The van der Waals surface area contributed by atoms with Crippen LogP contribution in [0, 0.1) is 0 Å². The van der Waals surface area contributed by atoms with Crippen molar-refractivity contribution >= 4 is 29.5 Å². The Morgan fingerprint density at radius 1 is 1.24 bits per heavy atom. The molecule has 1 aromatic rings. The molecule has 0 aromatic heterocycles. The van der Waals surface area contributed by atoms with Crippen molar-refractivity contribution in [3.63, 3.8) is 0 Å². The van der Waals surface area contributed by atoms with Gasteiger partial charge in [0.2, 0.25) is 5.91 Å². The van der Waals surface area contributed by atoms with Gasteiger partial charge in [0.25, 0.3) is 5.91 Å². The normalized spacial score (nSPS) is 14.0. The highest BCUT2D eigenvalue weighted by Crippen LogP contribution is 2.10. The molecule has 1 saturated heterocycles. The van der Waals surface area contributed by atoms with Gasteiger partial charge in [-0.25, -0.2) is 4.79 Å². The van der Waals surface area contributed by atoms with Crippen molar-refractivity contribution in [2.24, 2.45) is 0 Å². The highest BCUT2D eigenvalue weighted by Gasteiger charge is 2.30. The van der Waals surface area contributed by atoms with Crippen LogP contribution in [0.2, 0.25) is 0 Å². The number of hydrogen-bond donors (Lipinski definition) is 3. The maximum Gasteiger partial charge on any atom is 0.325 e. The molecule has 4 amide bonds. The van der Waals surface area contributed by atoms with E-state index >= 15 is 0 Å². The summed E-state index contributed by atoms with van der Waals surface area (Å²) >= 11 is 0. The second-order valence-corrected chi connectivity index (χ2v) is 4.45. The van der Waals surface area contributed by atoms with Crippen LogP contribution in [0.5, 0.6) is 0 Å². The molecule has 8 heteroatoms. The van der Waals surface area contributed by atoms with Crippen LogP contribution in [0.15, 0.2) is 24.3 Å². The number of carbonyl (C=O) groups excluding carboxylic acids is 3. The van der Waals surface area contributed by atoms with E-state index in [0.717, 1.165) is 4.90 Å². The van der Waals surface area contributed by atoms with Gasteiger partial charge in [0.1, 0.15) is 6.54 Å². The second kappa shape index (κ2) is 6.04. The summed E-state index contributed by atoms with van der Waals surface area (Å²) in [5.41, 5.74) is 1.07. The molecule has 8 nitrogen and oxygen atoms in total. The van der Waals surface area contributed by atoms with Crippen molar-refractivity contribution in [2.45, 2.75) is 6.42 Å². The Kier molecular flexibility index (Phi) is 4.17. The molecule has 0 atom stereocenters. The van der Waals surface area contributed by atoms with Gasteiger partial charge in [-0.3, -0.25) is 19.3 Å². The van der Waals surface area contributed by atoms with Gasteiger partial charge in [-0.05, 0) is 17.7 Å². The molecule has 3 N–H and O–H groups in total. The fourth-order valence-electron chi connectivity index (χ4n) is 1.84. The molecule has 0 unspecified atom stereocenters. The second-order valence-electron chi connectivity index (χ2n) is 4.45. The fraction of sp³-hybridized carbons (Fsp3) is 0.231. The number of hydrogen-bond acceptors (Lipinski definition) is 4. The molecule has 0 radical (unpaired) electrons. The van der Waals surface area contributed by atoms with E-state index < -0.39 is 23.8 Å². The SMILES string of the molecule is O=C(O)Cc1ccc(NC(=O)CN2C(=O)CNC2=O)cc1. The number of benzene rings is 1. The van der Waals surface area contributed by atoms with Gasteiger partial charge in [-0.1, -0.05) is 12.1 Å². The predicted octanol–water partition coefficient (Wildman–Crippen LogP) is -0.196. The Bertz CT molecular complexity index is 580. The van der Waals surface area contributed by atoms with Gasteiger partial charge < -0.3 is 15.7 Å². The molecule has 1 aliphatic heterocycles. The molecule has 0 aliphatic carbocycles. The monoisotopic (exact) mass is 291 g/mol. The molecule has 0 spiro atoms. The zero-order valence-electron chi connectivity index (χ0n) is 11.0. The van der Waals surface area contributed by atoms with Crippen LogP contribution in [0.4, 0.5) is 10.5 Å². The van der Waals surface area contributed by atoms with E-state index in [-0.39, 0.29) is 19.5 Å². The van der Waals surface area contributed by atoms with E-state index in [4.69, 9.17) is 5.11 Å². The molecular weight excluding hydrogens is 278 g/mol. The Balaban J connectivity index is 1.92. The lowest BCUT2D eigenvalue weighted by Crippen LogP contribution is -2.38. The van der Waals surface area contributed by atoms with E-state index in [2.05, 4.69) is 10.6 Å². The first-order valence-electron chi connectivity index (χ1n) is 6.14. The number of nitrogens with zero attached hydrogens (tertiary/aromatic N) is 1. The number of carbonyl (C=O) groups is 4. The zero-order chi connectivity index (χ0) is 15.4. The largest absolute Gasteiger partial charge is 0.481 e. The third-order valence-corrected chi connectivity index (χ3v) is 2.83. The van der Waals surface area contributed by atoms with Crippen LogP contribution in [-0.2, 0) is 20.8 Å². The lowest BCUT2D eigenvalue weighted by atomic mass is 10.1. The van der Waals surface area contributed by atoms with Crippen LogP contribution in [-0.4, -0.2) is 46.9 Å². The number of nitrogens with one attached hydrogen (secondary N) is 2. The molecule has 1 aliphatic rings. The van der Waals surface area contributed by atoms with Crippen molar-refractivity contribution in [3.05, 3.63) is 29.8 Å². The average molecular weight is 291 g/mol. The Morgan fingerprint density at radius 2 is 1.90 bits per heavy atom. The molecule has 1 heterocycles. The molecule has 1 fully saturated rings. The number of carboxylic acids is 1. The third-order valence-electron chi connectivity index (χ3n) is 2.83. The van der Waals surface area contributed by atoms with Gasteiger partial charge in [0.15, 0.2) is 0 Å². The zero-order valence-corrected chi connectivity index (χ0v) is 11.0. The molecule has 0 bridgehead atoms. The number of amides is 4. The minimum absolute atomic E-state index is 0.101. The van der Waals surface area contributed by atoms with Crippen molar-refractivity contribution in [1.29, 1.82) is 0 Å². The minimum Gasteiger partial charge on any atom is -0.481 e. The lowest BCUT2D eigenvalue weighted by Gasteiger charge is -2.12. The topological polar surface area (TPSA) is 116 Å². The summed E-state index contributed by atoms with van der Waals surface area (Å²) in [6.45, 7) is -0.461. The van der Waals surface area contributed by atoms with Crippen molar-refractivity contribution in [2.75, 3.05) is 18.4 Å². The molecule has 21 heavy (non-hydrogen) atoms. The van der Waals surface area contributed by atoms with Crippen LogP contribution >= 0.6 is 0 Å². The van der Waals surface area contributed by atoms with E-state index in [1.54, 1.807) is 24.3 Å². The molecule has 2 rings (SSSR count). The van der Waals surface area contributed by atoms with E-state index in [1.165, 1.54) is 0 Å². The highest BCUT2D eigenvalue weighted by molar-refractivity contribution is 6.06. The standard InChI is InChI=1S/C13H13N3O5/c17-10(7-16-11(18)6-14-13(16)21)15-9-3-1-8(2-4-9)5-12(19)20/h1-4H,5-7H2,(H,14,21)(H,15,17)(H,19,20). The first-order chi connectivity index (χ1) is 9.95. The van der Waals surface area contributed by atoms with Crippen molar-refractivity contribution in [1.82, 2.24) is 10.2 Å². The van der Waals surface area contributed by atoms with Crippen molar-refractivity contribution in [3.8, 4) is 0 Å². The first kappa shape index (κ1) is 14.5. The summed E-state index contributed by atoms with van der Waals surface area (Å²) in [7, 11) is 0. The van der Waals surface area contributed by atoms with Gasteiger partial charge in [0, 0.05) is 5.69 Å². The molecule has 1 aromatic carbocycles. The Labute approximate surface area is 119 Å². The number of urea groups is 1. The first-order valence-corrected chi connectivity index (χ1v) is 6.14. The van der Waals surface area contributed by atoms with Crippen LogP contribution in [0.1, 0.15) is 5.56 Å². The fourth-order valence-corrected chi connectivity index (χ4v) is 1.84. The summed E-state index contributed by atoms with van der Waals surface area (Å²) in [5.74, 6) is -1.90. The lowest BCUT2D eigenvalue weighted by molar-refractivity contribution is -0.136. The maximum absolute atomic E-state index is 11.7. The van der Waals surface area contributed by atoms with Crippen LogP contribution in [0.3, 0.4) is 0 Å². The van der Waals surface area contributed by atoms with Crippen molar-refractivity contribution < 1.29 is 24.3 Å². The Hall–Kier alpha value is -2.90. The predicted molar refractivity (Wildman–Crippen MR) is 71.5 cm³/mol. The summed E-state index contributed by atoms with van der Waals surface area (Å²) in [6, 6.07) is 5.69. The van der Waals surface area contributed by atoms with Gasteiger partial charge in [0.05, 0.1) is 13.0 Å². The van der Waals surface area contributed by atoms with E-state index in [1.807, 2.05) is 0 Å². The number of anilines is 1. The smallest absolute Gasteiger partial charge is 0.325 e. The molecule has 0 saturated carbocycles. The summed E-state index contributed by atoms with van der Waals surface area (Å²) in [4.78, 5) is 45.7. The summed E-state index contributed by atoms with van der Waals surface area (Å²) in [6.07, 6.45) is -0.101. The molecular formula is C13H13N3O5. The van der Waals surface area contributed by atoms with Crippen LogP contribution in [0.25, 0.3) is 0 Å². The quantitative estimate of drug-likeness (QED) is 0.650. The summed E-state index contributed by atoms with van der Waals surface area (Å²) < 4.78 is 0.